The van der Waals surface area contributed by atoms with E-state index in [0.29, 0.717) is 5.56 Å². The Morgan fingerprint density at radius 1 is 0.900 bits per heavy atom. The lowest BCUT2D eigenvalue weighted by Crippen LogP contribution is -2.21. The number of nitro groups is 1. The molecule has 0 amide bonds. The van der Waals surface area contributed by atoms with Gasteiger partial charge in [-0.05, 0) is 36.8 Å². The molecular formula is C23H19NO5S. The summed E-state index contributed by atoms with van der Waals surface area (Å²) in [6.07, 6.45) is 0.153. The van der Waals surface area contributed by atoms with E-state index in [-0.39, 0.29) is 27.7 Å². The predicted molar refractivity (Wildman–Crippen MR) is 113 cm³/mol. The van der Waals surface area contributed by atoms with Gasteiger partial charge in [-0.2, -0.15) is 0 Å². The van der Waals surface area contributed by atoms with E-state index in [2.05, 4.69) is 0 Å². The van der Waals surface area contributed by atoms with Crippen LogP contribution in [-0.2, 0) is 20.2 Å². The summed E-state index contributed by atoms with van der Waals surface area (Å²) in [7, 11) is -3.82. The zero-order valence-corrected chi connectivity index (χ0v) is 17.0. The van der Waals surface area contributed by atoms with Gasteiger partial charge in [0.15, 0.2) is 0 Å². The zero-order chi connectivity index (χ0) is 21.4. The van der Waals surface area contributed by atoms with Crippen LogP contribution in [0.2, 0.25) is 0 Å². The molecule has 7 heteroatoms. The van der Waals surface area contributed by atoms with Crippen molar-refractivity contribution < 1.29 is 18.1 Å². The van der Waals surface area contributed by atoms with Crippen LogP contribution in [0.1, 0.15) is 24.5 Å². The molecule has 3 aromatic carbocycles. The van der Waals surface area contributed by atoms with Crippen LogP contribution in [0.25, 0.3) is 5.76 Å². The molecule has 6 nitrogen and oxygen atoms in total. The molecule has 1 heterocycles. The van der Waals surface area contributed by atoms with Gasteiger partial charge in [0, 0.05) is 24.1 Å². The molecule has 0 saturated carbocycles. The molecular weight excluding hydrogens is 402 g/mol. The minimum Gasteiger partial charge on any atom is -0.481 e. The van der Waals surface area contributed by atoms with Gasteiger partial charge in [0.05, 0.1) is 14.7 Å². The van der Waals surface area contributed by atoms with E-state index in [1.165, 1.54) is 24.3 Å². The first-order chi connectivity index (χ1) is 14.3. The zero-order valence-electron chi connectivity index (χ0n) is 16.2. The molecule has 0 aliphatic carbocycles. The van der Waals surface area contributed by atoms with Crippen LogP contribution in [0.4, 0.5) is 5.69 Å². The molecule has 0 radical (unpaired) electrons. The number of hydrogen-bond donors (Lipinski definition) is 0. The summed E-state index contributed by atoms with van der Waals surface area (Å²) in [5.41, 5.74) is 0.378. The molecule has 1 unspecified atom stereocenters. The summed E-state index contributed by atoms with van der Waals surface area (Å²) in [6, 6.07) is 23.3. The Balaban J connectivity index is 1.86. The number of benzene rings is 3. The first kappa shape index (κ1) is 19.8. The molecule has 0 spiro atoms. The molecule has 0 fully saturated rings. The molecule has 0 aromatic heterocycles. The number of ether oxygens (including phenoxy) is 1. The van der Waals surface area contributed by atoms with E-state index in [1.807, 2.05) is 37.3 Å². The van der Waals surface area contributed by atoms with Crippen molar-refractivity contribution in [1.82, 2.24) is 0 Å². The van der Waals surface area contributed by atoms with Gasteiger partial charge < -0.3 is 4.74 Å². The Hall–Kier alpha value is -3.45. The van der Waals surface area contributed by atoms with Gasteiger partial charge in [0.2, 0.25) is 9.84 Å². The minimum atomic E-state index is -3.82. The standard InChI is InChI=1S/C23H19NO5S/c1-23(18-8-4-2-5-9-18)16-21(30(27,28)20-10-6-3-7-11-20)22(29-23)17-12-14-19(15-13-17)24(25)26/h2-15H,16H2,1H3. The minimum absolute atomic E-state index is 0.0735. The van der Waals surface area contributed by atoms with E-state index in [1.54, 1.807) is 30.3 Å². The molecule has 0 bridgehead atoms. The fourth-order valence-electron chi connectivity index (χ4n) is 3.57. The lowest BCUT2D eigenvalue weighted by Gasteiger charge is -2.26. The second-order valence-corrected chi connectivity index (χ2v) is 9.22. The summed E-state index contributed by atoms with van der Waals surface area (Å²) in [5.74, 6) is 0.222. The maximum atomic E-state index is 13.5. The van der Waals surface area contributed by atoms with Gasteiger partial charge in [-0.15, -0.1) is 0 Å². The normalized spacial score (nSPS) is 18.8. The van der Waals surface area contributed by atoms with Gasteiger partial charge in [-0.25, -0.2) is 8.42 Å². The Kier molecular flexibility index (Phi) is 4.91. The molecule has 30 heavy (non-hydrogen) atoms. The molecule has 4 rings (SSSR count). The van der Waals surface area contributed by atoms with Crippen LogP contribution in [0.3, 0.4) is 0 Å². The van der Waals surface area contributed by atoms with E-state index < -0.39 is 20.4 Å². The Morgan fingerprint density at radius 3 is 2.03 bits per heavy atom. The van der Waals surface area contributed by atoms with Crippen LogP contribution in [-0.4, -0.2) is 13.3 Å². The summed E-state index contributed by atoms with van der Waals surface area (Å²) < 4.78 is 33.2. The summed E-state index contributed by atoms with van der Waals surface area (Å²) in [4.78, 5) is 10.8. The third kappa shape index (κ3) is 3.48. The number of rotatable bonds is 5. The van der Waals surface area contributed by atoms with Gasteiger partial charge in [0.1, 0.15) is 11.4 Å². The SMILES string of the molecule is CC1(c2ccccc2)CC(S(=O)(=O)c2ccccc2)=C(c2ccc([N+](=O)[O-])cc2)O1. The maximum absolute atomic E-state index is 13.5. The van der Waals surface area contributed by atoms with Crippen molar-refractivity contribution in [3.05, 3.63) is 111 Å². The van der Waals surface area contributed by atoms with Gasteiger partial charge in [-0.1, -0.05) is 48.5 Å². The number of hydrogen-bond acceptors (Lipinski definition) is 5. The van der Waals surface area contributed by atoms with Crippen LogP contribution < -0.4 is 0 Å². The smallest absolute Gasteiger partial charge is 0.269 e. The van der Waals surface area contributed by atoms with Crippen molar-refractivity contribution in [3.63, 3.8) is 0 Å². The predicted octanol–water partition coefficient (Wildman–Crippen LogP) is 5.07. The maximum Gasteiger partial charge on any atom is 0.269 e. The highest BCUT2D eigenvalue weighted by atomic mass is 32.2. The number of nitro benzene ring substituents is 1. The van der Waals surface area contributed by atoms with E-state index in [9.17, 15) is 18.5 Å². The van der Waals surface area contributed by atoms with Crippen molar-refractivity contribution in [2.45, 2.75) is 23.8 Å². The summed E-state index contributed by atoms with van der Waals surface area (Å²) >= 11 is 0. The monoisotopic (exact) mass is 421 g/mol. The largest absolute Gasteiger partial charge is 0.481 e. The number of non-ortho nitro benzene ring substituents is 1. The van der Waals surface area contributed by atoms with E-state index in [0.717, 1.165) is 5.56 Å². The average molecular weight is 421 g/mol. The van der Waals surface area contributed by atoms with Crippen molar-refractivity contribution >= 4 is 21.3 Å². The molecule has 3 aromatic rings. The fraction of sp³-hybridized carbons (Fsp3) is 0.130. The molecule has 1 aliphatic heterocycles. The first-order valence-electron chi connectivity index (χ1n) is 9.34. The molecule has 152 valence electrons. The first-order valence-corrected chi connectivity index (χ1v) is 10.8. The van der Waals surface area contributed by atoms with Crippen molar-refractivity contribution in [2.75, 3.05) is 0 Å². The van der Waals surface area contributed by atoms with Crippen molar-refractivity contribution in [3.8, 4) is 0 Å². The second-order valence-electron chi connectivity index (χ2n) is 7.25. The lowest BCUT2D eigenvalue weighted by molar-refractivity contribution is -0.384. The fourth-order valence-corrected chi connectivity index (χ4v) is 5.24. The summed E-state index contributed by atoms with van der Waals surface area (Å²) in [5, 5.41) is 11.0. The van der Waals surface area contributed by atoms with Crippen molar-refractivity contribution in [2.24, 2.45) is 0 Å². The van der Waals surface area contributed by atoms with Crippen molar-refractivity contribution in [1.29, 1.82) is 0 Å². The number of sulfone groups is 1. The Morgan fingerprint density at radius 2 is 1.47 bits per heavy atom. The van der Waals surface area contributed by atoms with Gasteiger partial charge in [0.25, 0.3) is 5.69 Å². The Bertz CT molecular complexity index is 1220. The third-order valence-electron chi connectivity index (χ3n) is 5.18. The molecule has 0 N–H and O–H groups in total. The summed E-state index contributed by atoms with van der Waals surface area (Å²) in [6.45, 7) is 1.85. The lowest BCUT2D eigenvalue weighted by atomic mass is 9.93. The van der Waals surface area contributed by atoms with Gasteiger partial charge >= 0.3 is 0 Å². The van der Waals surface area contributed by atoms with E-state index in [4.69, 9.17) is 4.74 Å². The highest BCUT2D eigenvalue weighted by molar-refractivity contribution is 7.95. The second kappa shape index (κ2) is 7.42. The third-order valence-corrected chi connectivity index (χ3v) is 7.05. The van der Waals surface area contributed by atoms with Crippen LogP contribution in [0.5, 0.6) is 0 Å². The van der Waals surface area contributed by atoms with Crippen LogP contribution in [0.15, 0.2) is 94.7 Å². The topological polar surface area (TPSA) is 86.5 Å². The van der Waals surface area contributed by atoms with Gasteiger partial charge in [-0.3, -0.25) is 10.1 Å². The average Bonchev–Trinajstić information content (AvgIpc) is 3.15. The van der Waals surface area contributed by atoms with E-state index >= 15 is 0 Å². The molecule has 1 atom stereocenters. The highest BCUT2D eigenvalue weighted by Crippen LogP contribution is 2.48. The Labute approximate surface area is 174 Å². The molecule has 1 aliphatic rings. The highest BCUT2D eigenvalue weighted by Gasteiger charge is 2.44. The molecule has 0 saturated heterocycles. The number of nitrogens with zero attached hydrogens (tertiary/aromatic N) is 1. The van der Waals surface area contributed by atoms with Crippen LogP contribution in [0, 0.1) is 10.1 Å². The van der Waals surface area contributed by atoms with Crippen LogP contribution >= 0.6 is 0 Å². The quantitative estimate of drug-likeness (QED) is 0.424.